The Morgan fingerprint density at radius 1 is 1.28 bits per heavy atom. The maximum absolute atomic E-state index is 4.22. The zero-order chi connectivity index (χ0) is 13.0. The first-order valence-electron chi connectivity index (χ1n) is 6.16. The molecule has 0 aliphatic heterocycles. The molecule has 0 atom stereocenters. The Kier molecular flexibility index (Phi) is 3.87. The van der Waals surface area contributed by atoms with Gasteiger partial charge in [-0.15, -0.1) is 0 Å². The molecule has 0 spiro atoms. The molecule has 18 heavy (non-hydrogen) atoms. The van der Waals surface area contributed by atoms with Crippen LogP contribution in [-0.4, -0.2) is 30.2 Å². The highest BCUT2D eigenvalue weighted by molar-refractivity contribution is 5.69. The average molecular weight is 244 g/mol. The molecule has 4 heteroatoms. The van der Waals surface area contributed by atoms with Crippen molar-refractivity contribution in [1.29, 1.82) is 0 Å². The fourth-order valence-corrected chi connectivity index (χ4v) is 1.96. The van der Waals surface area contributed by atoms with Gasteiger partial charge in [-0.05, 0) is 19.1 Å². The monoisotopic (exact) mass is 244 g/mol. The molecule has 0 saturated heterocycles. The topological polar surface area (TPSA) is 33.1 Å². The van der Waals surface area contributed by atoms with Crippen LogP contribution in [0.5, 0.6) is 0 Å². The second kappa shape index (κ2) is 5.58. The van der Waals surface area contributed by atoms with Gasteiger partial charge in [0.25, 0.3) is 0 Å². The molecule has 0 aliphatic rings. The highest BCUT2D eigenvalue weighted by Gasteiger charge is 2.02. The lowest BCUT2D eigenvalue weighted by molar-refractivity contribution is 0.701. The van der Waals surface area contributed by atoms with E-state index in [1.807, 2.05) is 19.3 Å². The van der Waals surface area contributed by atoms with Crippen molar-refractivity contribution < 1.29 is 0 Å². The molecule has 2 rings (SSSR count). The number of para-hydroxylation sites is 2. The summed E-state index contributed by atoms with van der Waals surface area (Å²) in [6.45, 7) is 3.84. The Labute approximate surface area is 108 Å². The predicted octanol–water partition coefficient (Wildman–Crippen LogP) is 2.37. The molecule has 1 N–H and O–H groups in total. The van der Waals surface area contributed by atoms with Gasteiger partial charge in [0.15, 0.2) is 0 Å². The van der Waals surface area contributed by atoms with Crippen molar-refractivity contribution in [3.05, 3.63) is 42.5 Å². The maximum atomic E-state index is 4.22. The first kappa shape index (κ1) is 12.5. The summed E-state index contributed by atoms with van der Waals surface area (Å²) >= 11 is 0. The highest BCUT2D eigenvalue weighted by atomic mass is 15.1. The second-order valence-corrected chi connectivity index (χ2v) is 4.51. The predicted molar refractivity (Wildman–Crippen MR) is 76.2 cm³/mol. The molecular formula is C14H20N4. The van der Waals surface area contributed by atoms with Gasteiger partial charge in [-0.1, -0.05) is 12.1 Å². The Morgan fingerprint density at radius 2 is 2.06 bits per heavy atom. The van der Waals surface area contributed by atoms with Gasteiger partial charge in [-0.25, -0.2) is 4.98 Å². The number of aromatic nitrogens is 2. The Balaban J connectivity index is 1.96. The summed E-state index contributed by atoms with van der Waals surface area (Å²) in [6, 6.07) is 8.33. The highest BCUT2D eigenvalue weighted by Crippen LogP contribution is 2.22. The van der Waals surface area contributed by atoms with Crippen molar-refractivity contribution in [3.8, 4) is 0 Å². The molecule has 96 valence electrons. The summed E-state index contributed by atoms with van der Waals surface area (Å²) in [5, 5.41) is 3.47. The quantitative estimate of drug-likeness (QED) is 0.876. The molecule has 0 saturated carbocycles. The number of hydrogen-bond acceptors (Lipinski definition) is 3. The number of rotatable bonds is 5. The Morgan fingerprint density at radius 3 is 2.72 bits per heavy atom. The van der Waals surface area contributed by atoms with Crippen LogP contribution in [0.3, 0.4) is 0 Å². The molecule has 4 nitrogen and oxygen atoms in total. The summed E-state index contributed by atoms with van der Waals surface area (Å²) in [5.74, 6) is 1.05. The molecule has 0 radical (unpaired) electrons. The smallest absolute Gasteiger partial charge is 0.105 e. The van der Waals surface area contributed by atoms with Crippen molar-refractivity contribution in [1.82, 2.24) is 9.55 Å². The van der Waals surface area contributed by atoms with Crippen LogP contribution in [0, 0.1) is 6.92 Å². The van der Waals surface area contributed by atoms with Gasteiger partial charge in [-0.2, -0.15) is 0 Å². The summed E-state index contributed by atoms with van der Waals surface area (Å²) < 4.78 is 2.14. The van der Waals surface area contributed by atoms with Gasteiger partial charge < -0.3 is 14.8 Å². The van der Waals surface area contributed by atoms with E-state index in [0.717, 1.165) is 18.9 Å². The molecule has 0 amide bonds. The van der Waals surface area contributed by atoms with E-state index in [1.54, 1.807) is 0 Å². The zero-order valence-electron chi connectivity index (χ0n) is 11.2. The van der Waals surface area contributed by atoms with Gasteiger partial charge in [0.05, 0.1) is 11.4 Å². The molecule has 2 aromatic rings. The van der Waals surface area contributed by atoms with Crippen LogP contribution in [0.15, 0.2) is 36.7 Å². The van der Waals surface area contributed by atoms with Gasteiger partial charge in [0, 0.05) is 39.6 Å². The Hall–Kier alpha value is -1.97. The van der Waals surface area contributed by atoms with E-state index in [0.29, 0.717) is 0 Å². The number of imidazole rings is 1. The third-order valence-corrected chi connectivity index (χ3v) is 2.98. The molecule has 0 aliphatic carbocycles. The third-order valence-electron chi connectivity index (χ3n) is 2.98. The summed E-state index contributed by atoms with van der Waals surface area (Å²) in [4.78, 5) is 6.33. The van der Waals surface area contributed by atoms with Crippen molar-refractivity contribution in [2.75, 3.05) is 30.9 Å². The number of hydrogen-bond donors (Lipinski definition) is 1. The van der Waals surface area contributed by atoms with Crippen molar-refractivity contribution >= 4 is 11.4 Å². The van der Waals surface area contributed by atoms with Crippen LogP contribution in [0.25, 0.3) is 0 Å². The van der Waals surface area contributed by atoms with Gasteiger partial charge >= 0.3 is 0 Å². The number of nitrogens with zero attached hydrogens (tertiary/aromatic N) is 3. The minimum Gasteiger partial charge on any atom is -0.382 e. The summed E-state index contributed by atoms with van der Waals surface area (Å²) in [7, 11) is 4.11. The lowest BCUT2D eigenvalue weighted by atomic mass is 10.2. The van der Waals surface area contributed by atoms with Crippen LogP contribution >= 0.6 is 0 Å². The van der Waals surface area contributed by atoms with E-state index in [1.165, 1.54) is 11.4 Å². The summed E-state index contributed by atoms with van der Waals surface area (Å²) in [5.41, 5.74) is 2.38. The first-order chi connectivity index (χ1) is 8.68. The van der Waals surface area contributed by atoms with Crippen molar-refractivity contribution in [2.45, 2.75) is 13.5 Å². The van der Waals surface area contributed by atoms with E-state index in [9.17, 15) is 0 Å². The normalized spacial score (nSPS) is 10.4. The van der Waals surface area contributed by atoms with Crippen LogP contribution in [0.4, 0.5) is 11.4 Å². The van der Waals surface area contributed by atoms with E-state index in [-0.39, 0.29) is 0 Å². The van der Waals surface area contributed by atoms with Gasteiger partial charge in [0.2, 0.25) is 0 Å². The lowest BCUT2D eigenvalue weighted by Gasteiger charge is -2.18. The minimum atomic E-state index is 0.891. The van der Waals surface area contributed by atoms with Crippen LogP contribution < -0.4 is 10.2 Å². The number of aryl methyl sites for hydroxylation is 1. The minimum absolute atomic E-state index is 0.891. The van der Waals surface area contributed by atoms with Gasteiger partial charge in [0.1, 0.15) is 5.82 Å². The van der Waals surface area contributed by atoms with Crippen LogP contribution in [-0.2, 0) is 6.54 Å². The Bertz CT molecular complexity index is 502. The molecule has 1 aromatic heterocycles. The fraction of sp³-hybridized carbons (Fsp3) is 0.357. The number of anilines is 2. The molecule has 1 heterocycles. The van der Waals surface area contributed by atoms with Crippen molar-refractivity contribution in [2.24, 2.45) is 0 Å². The largest absolute Gasteiger partial charge is 0.382 e. The SMILES string of the molecule is Cc1nccn1CCNc1ccccc1N(C)C. The fourth-order valence-electron chi connectivity index (χ4n) is 1.96. The maximum Gasteiger partial charge on any atom is 0.105 e. The van der Waals surface area contributed by atoms with Crippen LogP contribution in [0.2, 0.25) is 0 Å². The molecule has 0 bridgehead atoms. The molecular weight excluding hydrogens is 224 g/mol. The standard InChI is InChI=1S/C14H20N4/c1-12-15-8-10-18(12)11-9-16-13-6-4-5-7-14(13)17(2)3/h4-8,10,16H,9,11H2,1-3H3. The molecule has 0 fully saturated rings. The van der Waals surface area contributed by atoms with Crippen LogP contribution in [0.1, 0.15) is 5.82 Å². The number of benzene rings is 1. The number of nitrogens with one attached hydrogen (secondary N) is 1. The lowest BCUT2D eigenvalue weighted by Crippen LogP contribution is -2.15. The van der Waals surface area contributed by atoms with E-state index < -0.39 is 0 Å². The van der Waals surface area contributed by atoms with Gasteiger partial charge in [-0.3, -0.25) is 0 Å². The second-order valence-electron chi connectivity index (χ2n) is 4.51. The summed E-state index contributed by atoms with van der Waals surface area (Å²) in [6.07, 6.45) is 3.85. The molecule has 1 aromatic carbocycles. The average Bonchev–Trinajstić information content (AvgIpc) is 2.76. The first-order valence-corrected chi connectivity index (χ1v) is 6.16. The van der Waals surface area contributed by atoms with E-state index in [4.69, 9.17) is 0 Å². The van der Waals surface area contributed by atoms with Crippen molar-refractivity contribution in [3.63, 3.8) is 0 Å². The van der Waals surface area contributed by atoms with E-state index in [2.05, 4.69) is 58.1 Å². The third kappa shape index (κ3) is 2.83. The van der Waals surface area contributed by atoms with E-state index >= 15 is 0 Å². The molecule has 0 unspecified atom stereocenters. The zero-order valence-corrected chi connectivity index (χ0v) is 11.2.